The van der Waals surface area contributed by atoms with E-state index in [0.29, 0.717) is 0 Å². The Morgan fingerprint density at radius 1 is 0.756 bits per heavy atom. The highest BCUT2D eigenvalue weighted by molar-refractivity contribution is 6.01. The number of anilines is 2. The number of nitrogens with two attached hydrogens (primary N) is 2. The zero-order valence-electron chi connectivity index (χ0n) is 26.0. The van der Waals surface area contributed by atoms with E-state index >= 15 is 0 Å². The first-order valence-electron chi connectivity index (χ1n) is 15.8. The summed E-state index contributed by atoms with van der Waals surface area (Å²) in [7, 11) is 1.77. The SMILES string of the molecule is CN(C(=O)[C@@]1(C)CCC[C@]2(C)c3cc(N)ccc3CC[C@@H]12)C(=O)[C@@]1(C)CCC[C@]2(C)c3cc(N)ccc3CC[C@@]12C. The first-order valence-corrected chi connectivity index (χ1v) is 15.8. The Kier molecular flexibility index (Phi) is 6.27. The molecule has 0 aliphatic heterocycles. The molecule has 2 aromatic rings. The number of aryl methyl sites for hydroxylation is 2. The fourth-order valence-electron chi connectivity index (χ4n) is 10.6. The summed E-state index contributed by atoms with van der Waals surface area (Å²) in [5.74, 6) is 0.172. The smallest absolute Gasteiger partial charge is 0.235 e. The Labute approximate surface area is 246 Å². The van der Waals surface area contributed by atoms with Crippen molar-refractivity contribution in [3.05, 3.63) is 58.7 Å². The van der Waals surface area contributed by atoms with E-state index in [2.05, 4.69) is 58.9 Å². The number of nitrogens with zero attached hydrogens (tertiary/aromatic N) is 1. The van der Waals surface area contributed by atoms with E-state index in [4.69, 9.17) is 11.5 Å². The predicted octanol–water partition coefficient (Wildman–Crippen LogP) is 6.95. The fourth-order valence-corrected chi connectivity index (χ4v) is 10.6. The summed E-state index contributed by atoms with van der Waals surface area (Å²) in [5, 5.41) is 0. The molecule has 5 nitrogen and oxygen atoms in total. The minimum absolute atomic E-state index is 0.00256. The van der Waals surface area contributed by atoms with Gasteiger partial charge in [-0.1, -0.05) is 59.6 Å². The molecule has 2 fully saturated rings. The normalized spacial score (nSPS) is 37.7. The van der Waals surface area contributed by atoms with Crippen LogP contribution in [0.5, 0.6) is 0 Å². The van der Waals surface area contributed by atoms with E-state index < -0.39 is 10.8 Å². The molecule has 220 valence electrons. The molecule has 0 radical (unpaired) electrons. The number of nitrogen functional groups attached to an aromatic ring is 2. The Bertz CT molecular complexity index is 1430. The van der Waals surface area contributed by atoms with E-state index in [-0.39, 0.29) is 34.0 Å². The van der Waals surface area contributed by atoms with Crippen molar-refractivity contribution in [2.75, 3.05) is 18.5 Å². The molecule has 0 aromatic heterocycles. The summed E-state index contributed by atoms with van der Waals surface area (Å²) >= 11 is 0. The summed E-state index contributed by atoms with van der Waals surface area (Å²) in [6, 6.07) is 12.6. The number of fused-ring (bicyclic) bond motifs is 6. The maximum atomic E-state index is 14.8. The third kappa shape index (κ3) is 3.66. The molecule has 2 amide bonds. The van der Waals surface area contributed by atoms with Crippen molar-refractivity contribution in [1.29, 1.82) is 0 Å². The minimum Gasteiger partial charge on any atom is -0.399 e. The van der Waals surface area contributed by atoms with E-state index in [9.17, 15) is 9.59 Å². The zero-order chi connectivity index (χ0) is 29.6. The average molecular weight is 556 g/mol. The molecule has 0 spiro atoms. The molecule has 0 unspecified atom stereocenters. The van der Waals surface area contributed by atoms with Crippen molar-refractivity contribution in [2.24, 2.45) is 22.2 Å². The topological polar surface area (TPSA) is 89.4 Å². The first kappa shape index (κ1) is 28.3. The second-order valence-corrected chi connectivity index (χ2v) is 15.1. The average Bonchev–Trinajstić information content (AvgIpc) is 2.93. The van der Waals surface area contributed by atoms with Crippen LogP contribution < -0.4 is 11.5 Å². The lowest BCUT2D eigenvalue weighted by Gasteiger charge is -2.63. The minimum atomic E-state index is -0.644. The van der Waals surface area contributed by atoms with E-state index in [1.54, 1.807) is 11.9 Å². The molecular formula is C36H49N3O2. The van der Waals surface area contributed by atoms with Gasteiger partial charge < -0.3 is 11.5 Å². The Morgan fingerprint density at radius 3 is 2.05 bits per heavy atom. The number of hydrogen-bond donors (Lipinski definition) is 2. The molecular weight excluding hydrogens is 506 g/mol. The van der Waals surface area contributed by atoms with Gasteiger partial charge in [-0.3, -0.25) is 14.5 Å². The van der Waals surface area contributed by atoms with Crippen molar-refractivity contribution < 1.29 is 9.59 Å². The summed E-state index contributed by atoms with van der Waals surface area (Å²) in [6.45, 7) is 11.3. The largest absolute Gasteiger partial charge is 0.399 e. The van der Waals surface area contributed by atoms with Gasteiger partial charge in [0.15, 0.2) is 0 Å². The number of carbonyl (C=O) groups excluding carboxylic acids is 2. The van der Waals surface area contributed by atoms with E-state index in [1.807, 2.05) is 12.1 Å². The number of amides is 2. The van der Waals surface area contributed by atoms with Gasteiger partial charge in [-0.2, -0.15) is 0 Å². The van der Waals surface area contributed by atoms with Gasteiger partial charge in [-0.05, 0) is 120 Å². The second kappa shape index (κ2) is 9.09. The number of hydrogen-bond acceptors (Lipinski definition) is 4. The lowest BCUT2D eigenvalue weighted by molar-refractivity contribution is -0.171. The highest BCUT2D eigenvalue weighted by Gasteiger charge is 2.64. The molecule has 2 saturated carbocycles. The molecule has 41 heavy (non-hydrogen) atoms. The summed E-state index contributed by atoms with van der Waals surface area (Å²) in [5.41, 5.74) is 17.6. The number of rotatable bonds is 2. The third-order valence-electron chi connectivity index (χ3n) is 13.4. The molecule has 6 rings (SSSR count). The Balaban J connectivity index is 1.35. The molecule has 4 aliphatic rings. The second-order valence-electron chi connectivity index (χ2n) is 15.1. The van der Waals surface area contributed by atoms with Crippen LogP contribution in [0.1, 0.15) is 108 Å². The van der Waals surface area contributed by atoms with Crippen LogP contribution in [0.2, 0.25) is 0 Å². The van der Waals surface area contributed by atoms with Crippen LogP contribution in [0.25, 0.3) is 0 Å². The van der Waals surface area contributed by atoms with Crippen molar-refractivity contribution in [2.45, 2.75) is 110 Å². The molecule has 2 aromatic carbocycles. The predicted molar refractivity (Wildman–Crippen MR) is 166 cm³/mol. The Hall–Kier alpha value is -2.82. The van der Waals surface area contributed by atoms with Gasteiger partial charge in [0, 0.05) is 18.4 Å². The molecule has 6 atom stereocenters. The molecule has 5 heteroatoms. The van der Waals surface area contributed by atoms with Crippen LogP contribution >= 0.6 is 0 Å². The monoisotopic (exact) mass is 555 g/mol. The standard InChI is InChI=1S/C36H49N3O2/c1-32-16-7-17-33(2,29(32)14-11-23-9-12-25(37)21-27(23)32)30(40)39(6)31(41)35(4)19-8-18-34(3)28-22-26(38)13-10-24(28)15-20-36(34,35)5/h9-10,12-13,21-22,29H,7-8,11,14-20,37-38H2,1-6H3/t29-,32-,33+,34-,35-,36-/m1/s1. The zero-order valence-corrected chi connectivity index (χ0v) is 26.0. The van der Waals surface area contributed by atoms with Crippen molar-refractivity contribution in [3.8, 4) is 0 Å². The summed E-state index contributed by atoms with van der Waals surface area (Å²) in [4.78, 5) is 31.0. The van der Waals surface area contributed by atoms with Crippen LogP contribution in [-0.4, -0.2) is 23.8 Å². The van der Waals surface area contributed by atoms with Gasteiger partial charge in [-0.15, -0.1) is 0 Å². The van der Waals surface area contributed by atoms with E-state index in [0.717, 1.165) is 75.6 Å². The maximum absolute atomic E-state index is 14.8. The molecule has 0 bridgehead atoms. The van der Waals surface area contributed by atoms with Gasteiger partial charge in [-0.25, -0.2) is 0 Å². The quantitative estimate of drug-likeness (QED) is 0.310. The molecule has 4 N–H and O–H groups in total. The van der Waals surface area contributed by atoms with Crippen LogP contribution in [0, 0.1) is 22.2 Å². The fraction of sp³-hybridized carbons (Fsp3) is 0.611. The number of benzene rings is 2. The molecule has 0 saturated heterocycles. The van der Waals surface area contributed by atoms with Gasteiger partial charge >= 0.3 is 0 Å². The maximum Gasteiger partial charge on any atom is 0.235 e. The van der Waals surface area contributed by atoms with Crippen LogP contribution in [-0.2, 0) is 33.3 Å². The van der Waals surface area contributed by atoms with E-state index in [1.165, 1.54) is 22.3 Å². The van der Waals surface area contributed by atoms with Crippen molar-refractivity contribution >= 4 is 23.2 Å². The highest BCUT2D eigenvalue weighted by atomic mass is 16.2. The third-order valence-corrected chi connectivity index (χ3v) is 13.4. The number of imide groups is 1. The van der Waals surface area contributed by atoms with Crippen LogP contribution in [0.4, 0.5) is 11.4 Å². The van der Waals surface area contributed by atoms with Crippen LogP contribution in [0.15, 0.2) is 36.4 Å². The molecule has 0 heterocycles. The van der Waals surface area contributed by atoms with Crippen LogP contribution in [0.3, 0.4) is 0 Å². The lowest BCUT2D eigenvalue weighted by Crippen LogP contribution is -2.64. The summed E-state index contributed by atoms with van der Waals surface area (Å²) in [6.07, 6.45) is 9.40. The van der Waals surface area contributed by atoms with Gasteiger partial charge in [0.25, 0.3) is 0 Å². The highest BCUT2D eigenvalue weighted by Crippen LogP contribution is 2.66. The first-order chi connectivity index (χ1) is 19.2. The lowest BCUT2D eigenvalue weighted by atomic mass is 9.41. The summed E-state index contributed by atoms with van der Waals surface area (Å²) < 4.78 is 0. The van der Waals surface area contributed by atoms with Gasteiger partial charge in [0.1, 0.15) is 0 Å². The number of carbonyl (C=O) groups is 2. The van der Waals surface area contributed by atoms with Gasteiger partial charge in [0.05, 0.1) is 10.8 Å². The van der Waals surface area contributed by atoms with Gasteiger partial charge in [0.2, 0.25) is 11.8 Å². The Morgan fingerprint density at radius 2 is 1.37 bits per heavy atom. The van der Waals surface area contributed by atoms with Crippen molar-refractivity contribution in [1.82, 2.24) is 4.90 Å². The van der Waals surface area contributed by atoms with Crippen molar-refractivity contribution in [3.63, 3.8) is 0 Å². The molecule has 4 aliphatic carbocycles.